The van der Waals surface area contributed by atoms with Crippen LogP contribution >= 0.6 is 11.6 Å². The van der Waals surface area contributed by atoms with Crippen LogP contribution in [0.1, 0.15) is 18.4 Å². The Hall–Kier alpha value is -0.930. The topological polar surface area (TPSA) is 30.5 Å². The Kier molecular flexibility index (Phi) is 4.72. The van der Waals surface area contributed by atoms with E-state index in [-0.39, 0.29) is 0 Å². The molecule has 2 rings (SSSR count). The van der Waals surface area contributed by atoms with Gasteiger partial charge in [0, 0.05) is 11.1 Å². The first-order valence-corrected chi connectivity index (χ1v) is 6.73. The smallest absolute Gasteiger partial charge is 0.164 e. The van der Waals surface area contributed by atoms with Crippen molar-refractivity contribution in [3.05, 3.63) is 22.7 Å². The summed E-state index contributed by atoms with van der Waals surface area (Å²) < 4.78 is 10.8. The third kappa shape index (κ3) is 3.09. The number of rotatable bonds is 4. The summed E-state index contributed by atoms with van der Waals surface area (Å²) in [5.41, 5.74) is 1.13. The molecule has 1 saturated heterocycles. The van der Waals surface area contributed by atoms with Gasteiger partial charge in [-0.3, -0.25) is 0 Å². The number of nitrogens with one attached hydrogen (secondary N) is 1. The van der Waals surface area contributed by atoms with Crippen LogP contribution < -0.4 is 14.8 Å². The third-order valence-corrected chi connectivity index (χ3v) is 3.65. The van der Waals surface area contributed by atoms with Crippen LogP contribution in [0.5, 0.6) is 11.5 Å². The molecular weight excluding hydrogens is 250 g/mol. The van der Waals surface area contributed by atoms with E-state index in [0.29, 0.717) is 16.7 Å². The lowest BCUT2D eigenvalue weighted by Crippen LogP contribution is -2.30. The highest BCUT2D eigenvalue weighted by molar-refractivity contribution is 6.30. The molecule has 1 aliphatic rings. The van der Waals surface area contributed by atoms with E-state index in [2.05, 4.69) is 5.32 Å². The van der Waals surface area contributed by atoms with Gasteiger partial charge in [0.2, 0.25) is 0 Å². The molecule has 1 unspecified atom stereocenters. The van der Waals surface area contributed by atoms with Gasteiger partial charge in [-0.05, 0) is 49.9 Å². The normalized spacial score (nSPS) is 19.6. The third-order valence-electron chi connectivity index (χ3n) is 3.43. The molecule has 1 heterocycles. The molecular formula is C14H20ClNO2. The Morgan fingerprint density at radius 2 is 2.17 bits per heavy atom. The Balaban J connectivity index is 2.21. The van der Waals surface area contributed by atoms with Crippen LogP contribution in [0.15, 0.2) is 12.1 Å². The molecule has 0 saturated carbocycles. The molecule has 1 fully saturated rings. The van der Waals surface area contributed by atoms with Crippen molar-refractivity contribution in [3.63, 3.8) is 0 Å². The van der Waals surface area contributed by atoms with Crippen molar-refractivity contribution in [2.24, 2.45) is 5.92 Å². The van der Waals surface area contributed by atoms with Gasteiger partial charge in [-0.25, -0.2) is 0 Å². The molecule has 100 valence electrons. The van der Waals surface area contributed by atoms with E-state index in [4.69, 9.17) is 21.1 Å². The summed E-state index contributed by atoms with van der Waals surface area (Å²) in [4.78, 5) is 0. The molecule has 18 heavy (non-hydrogen) atoms. The number of hydrogen-bond donors (Lipinski definition) is 1. The van der Waals surface area contributed by atoms with Crippen LogP contribution in [0.3, 0.4) is 0 Å². The van der Waals surface area contributed by atoms with Gasteiger partial charge >= 0.3 is 0 Å². The highest BCUT2D eigenvalue weighted by atomic mass is 35.5. The minimum absolute atomic E-state index is 0.649. The van der Waals surface area contributed by atoms with Crippen molar-refractivity contribution in [2.45, 2.75) is 19.3 Å². The lowest BCUT2D eigenvalue weighted by molar-refractivity contribution is 0.340. The molecule has 1 atom stereocenters. The first-order chi connectivity index (χ1) is 8.74. The second kappa shape index (κ2) is 6.30. The molecule has 0 spiro atoms. The Labute approximate surface area is 113 Å². The molecule has 0 amide bonds. The first-order valence-electron chi connectivity index (χ1n) is 6.35. The predicted octanol–water partition coefficient (Wildman–Crippen LogP) is 2.90. The standard InChI is InChI=1S/C14H20ClNO2/c1-17-13-8-12(15)7-11(14(13)18-2)6-10-4-3-5-16-9-10/h7-8,10,16H,3-6,9H2,1-2H3. The summed E-state index contributed by atoms with van der Waals surface area (Å²) >= 11 is 6.12. The summed E-state index contributed by atoms with van der Waals surface area (Å²) in [6.45, 7) is 2.20. The van der Waals surface area contributed by atoms with Crippen LogP contribution in [-0.4, -0.2) is 27.3 Å². The van der Waals surface area contributed by atoms with E-state index < -0.39 is 0 Å². The quantitative estimate of drug-likeness (QED) is 0.912. The lowest BCUT2D eigenvalue weighted by atomic mass is 9.92. The van der Waals surface area contributed by atoms with Crippen molar-refractivity contribution < 1.29 is 9.47 Å². The Bertz CT molecular complexity index is 403. The number of halogens is 1. The fourth-order valence-corrected chi connectivity index (χ4v) is 2.80. The number of methoxy groups -OCH3 is 2. The van der Waals surface area contributed by atoms with E-state index in [1.807, 2.05) is 6.07 Å². The van der Waals surface area contributed by atoms with Gasteiger partial charge in [0.1, 0.15) is 0 Å². The molecule has 0 aliphatic carbocycles. The molecule has 1 N–H and O–H groups in total. The number of piperidine rings is 1. The number of hydrogen-bond acceptors (Lipinski definition) is 3. The molecule has 0 aromatic heterocycles. The van der Waals surface area contributed by atoms with Crippen LogP contribution in [0.25, 0.3) is 0 Å². The summed E-state index contributed by atoms with van der Waals surface area (Å²) in [5, 5.41) is 4.13. The monoisotopic (exact) mass is 269 g/mol. The average molecular weight is 270 g/mol. The van der Waals surface area contributed by atoms with Crippen molar-refractivity contribution in [3.8, 4) is 11.5 Å². The van der Waals surface area contributed by atoms with Gasteiger partial charge in [0.25, 0.3) is 0 Å². The van der Waals surface area contributed by atoms with Crippen LogP contribution in [0, 0.1) is 5.92 Å². The van der Waals surface area contributed by atoms with Crippen molar-refractivity contribution in [1.82, 2.24) is 5.32 Å². The highest BCUT2D eigenvalue weighted by Gasteiger charge is 2.18. The van der Waals surface area contributed by atoms with Gasteiger partial charge in [0.05, 0.1) is 14.2 Å². The zero-order valence-electron chi connectivity index (χ0n) is 11.0. The van der Waals surface area contributed by atoms with Gasteiger partial charge in [-0.15, -0.1) is 0 Å². The molecule has 0 radical (unpaired) electrons. The lowest BCUT2D eigenvalue weighted by Gasteiger charge is -2.24. The number of ether oxygens (including phenoxy) is 2. The molecule has 4 heteroatoms. The summed E-state index contributed by atoms with van der Waals surface area (Å²) in [5.74, 6) is 2.17. The van der Waals surface area contributed by atoms with E-state index in [0.717, 1.165) is 30.8 Å². The molecule has 3 nitrogen and oxygen atoms in total. The van der Waals surface area contributed by atoms with Crippen molar-refractivity contribution in [2.75, 3.05) is 27.3 Å². The second-order valence-electron chi connectivity index (χ2n) is 4.72. The molecule has 1 aliphatic heterocycles. The Morgan fingerprint density at radius 1 is 1.33 bits per heavy atom. The number of benzene rings is 1. The zero-order chi connectivity index (χ0) is 13.0. The van der Waals surface area contributed by atoms with Gasteiger partial charge in [-0.2, -0.15) is 0 Å². The van der Waals surface area contributed by atoms with Crippen LogP contribution in [-0.2, 0) is 6.42 Å². The minimum atomic E-state index is 0.649. The SMILES string of the molecule is COc1cc(Cl)cc(CC2CCCNC2)c1OC. The van der Waals surface area contributed by atoms with E-state index in [1.165, 1.54) is 12.8 Å². The fourth-order valence-electron chi connectivity index (χ4n) is 2.57. The van der Waals surface area contributed by atoms with Crippen molar-refractivity contribution >= 4 is 11.6 Å². The molecule has 1 aromatic rings. The maximum absolute atomic E-state index is 6.12. The zero-order valence-corrected chi connectivity index (χ0v) is 11.7. The van der Waals surface area contributed by atoms with E-state index in [1.54, 1.807) is 20.3 Å². The van der Waals surface area contributed by atoms with Gasteiger partial charge < -0.3 is 14.8 Å². The molecule has 1 aromatic carbocycles. The fraction of sp³-hybridized carbons (Fsp3) is 0.571. The summed E-state index contributed by atoms with van der Waals surface area (Å²) in [7, 11) is 3.31. The summed E-state index contributed by atoms with van der Waals surface area (Å²) in [6.07, 6.45) is 3.47. The van der Waals surface area contributed by atoms with Gasteiger partial charge in [-0.1, -0.05) is 11.6 Å². The molecule has 0 bridgehead atoms. The van der Waals surface area contributed by atoms with Crippen LogP contribution in [0.2, 0.25) is 5.02 Å². The second-order valence-corrected chi connectivity index (χ2v) is 5.15. The maximum atomic E-state index is 6.12. The minimum Gasteiger partial charge on any atom is -0.493 e. The predicted molar refractivity (Wildman–Crippen MR) is 73.9 cm³/mol. The maximum Gasteiger partial charge on any atom is 0.164 e. The van der Waals surface area contributed by atoms with E-state index >= 15 is 0 Å². The Morgan fingerprint density at radius 3 is 2.78 bits per heavy atom. The van der Waals surface area contributed by atoms with Gasteiger partial charge in [0.15, 0.2) is 11.5 Å². The first kappa shape index (κ1) is 13.5. The highest BCUT2D eigenvalue weighted by Crippen LogP contribution is 2.36. The average Bonchev–Trinajstić information content (AvgIpc) is 2.39. The van der Waals surface area contributed by atoms with Crippen molar-refractivity contribution in [1.29, 1.82) is 0 Å². The van der Waals surface area contributed by atoms with Crippen LogP contribution in [0.4, 0.5) is 0 Å². The summed E-state index contributed by atoms with van der Waals surface area (Å²) in [6, 6.07) is 3.78. The van der Waals surface area contributed by atoms with E-state index in [9.17, 15) is 0 Å². The largest absolute Gasteiger partial charge is 0.493 e.